The first kappa shape index (κ1) is 12.3. The molecule has 0 radical (unpaired) electrons. The van der Waals surface area contributed by atoms with Gasteiger partial charge in [0.2, 0.25) is 11.8 Å². The van der Waals surface area contributed by atoms with E-state index < -0.39 is 0 Å². The number of hydrogen-bond acceptors (Lipinski definition) is 4. The van der Waals surface area contributed by atoms with Crippen LogP contribution < -0.4 is 10.6 Å². The van der Waals surface area contributed by atoms with E-state index in [2.05, 4.69) is 10.6 Å². The lowest BCUT2D eigenvalue weighted by Gasteiger charge is -2.24. The average molecular weight is 241 g/mol. The van der Waals surface area contributed by atoms with Crippen molar-refractivity contribution in [1.29, 1.82) is 0 Å². The molecule has 0 aromatic rings. The van der Waals surface area contributed by atoms with Crippen LogP contribution >= 0.6 is 0 Å². The van der Waals surface area contributed by atoms with Gasteiger partial charge in [-0.2, -0.15) is 0 Å². The Morgan fingerprint density at radius 2 is 2.47 bits per heavy atom. The largest absolute Gasteiger partial charge is 0.374 e. The van der Waals surface area contributed by atoms with Gasteiger partial charge in [0.1, 0.15) is 0 Å². The topological polar surface area (TPSA) is 70.7 Å². The van der Waals surface area contributed by atoms with Crippen molar-refractivity contribution in [2.75, 3.05) is 39.3 Å². The first-order valence-corrected chi connectivity index (χ1v) is 6.12. The summed E-state index contributed by atoms with van der Waals surface area (Å²) in [5.74, 6) is -0.0230. The molecule has 1 atom stereocenters. The summed E-state index contributed by atoms with van der Waals surface area (Å²) in [5.41, 5.74) is 0. The smallest absolute Gasteiger partial charge is 0.239 e. The molecule has 2 heterocycles. The van der Waals surface area contributed by atoms with Crippen LogP contribution in [-0.4, -0.2) is 62.1 Å². The summed E-state index contributed by atoms with van der Waals surface area (Å²) in [6, 6.07) is 0. The average Bonchev–Trinajstić information content (AvgIpc) is 2.74. The van der Waals surface area contributed by atoms with Crippen molar-refractivity contribution in [3.8, 4) is 0 Å². The molecule has 2 aliphatic rings. The van der Waals surface area contributed by atoms with Gasteiger partial charge in [-0.15, -0.1) is 0 Å². The van der Waals surface area contributed by atoms with E-state index in [9.17, 15) is 9.59 Å². The van der Waals surface area contributed by atoms with E-state index in [0.717, 1.165) is 19.5 Å². The van der Waals surface area contributed by atoms with Crippen LogP contribution in [0.2, 0.25) is 0 Å². The Kier molecular flexibility index (Phi) is 4.33. The molecule has 0 aromatic heterocycles. The number of carbonyl (C=O) groups is 2. The Morgan fingerprint density at radius 3 is 3.12 bits per heavy atom. The molecule has 6 nitrogen and oxygen atoms in total. The zero-order valence-corrected chi connectivity index (χ0v) is 9.91. The van der Waals surface area contributed by atoms with Crippen LogP contribution in [0.4, 0.5) is 0 Å². The van der Waals surface area contributed by atoms with Crippen LogP contribution in [0.3, 0.4) is 0 Å². The molecule has 0 bridgehead atoms. The Morgan fingerprint density at radius 1 is 1.59 bits per heavy atom. The van der Waals surface area contributed by atoms with E-state index in [1.807, 2.05) is 0 Å². The van der Waals surface area contributed by atoms with E-state index in [1.165, 1.54) is 0 Å². The summed E-state index contributed by atoms with van der Waals surface area (Å²) in [7, 11) is 0. The summed E-state index contributed by atoms with van der Waals surface area (Å²) in [5, 5.41) is 6.00. The second-order valence-electron chi connectivity index (χ2n) is 4.42. The highest BCUT2D eigenvalue weighted by Gasteiger charge is 2.22. The summed E-state index contributed by atoms with van der Waals surface area (Å²) in [6.07, 6.45) is 1.48. The molecule has 6 heteroatoms. The lowest BCUT2D eigenvalue weighted by atomic mass is 10.3. The van der Waals surface area contributed by atoms with Crippen LogP contribution in [-0.2, 0) is 14.3 Å². The highest BCUT2D eigenvalue weighted by Crippen LogP contribution is 2.08. The number of nitrogens with one attached hydrogen (secondary N) is 2. The van der Waals surface area contributed by atoms with Crippen molar-refractivity contribution in [2.24, 2.45) is 0 Å². The highest BCUT2D eigenvalue weighted by molar-refractivity contribution is 5.85. The van der Waals surface area contributed by atoms with Gasteiger partial charge < -0.3 is 20.3 Å². The zero-order valence-electron chi connectivity index (χ0n) is 9.91. The molecule has 2 saturated heterocycles. The number of carbonyl (C=O) groups excluding carboxylic acids is 2. The Balaban J connectivity index is 1.64. The first-order chi connectivity index (χ1) is 8.25. The van der Waals surface area contributed by atoms with Crippen molar-refractivity contribution in [2.45, 2.75) is 18.9 Å². The van der Waals surface area contributed by atoms with Gasteiger partial charge >= 0.3 is 0 Å². The van der Waals surface area contributed by atoms with Crippen LogP contribution in [0.15, 0.2) is 0 Å². The van der Waals surface area contributed by atoms with Gasteiger partial charge in [-0.3, -0.25) is 9.59 Å². The SMILES string of the molecule is O=C(CN1CCCC1=O)NCC1CNCCO1. The molecule has 2 fully saturated rings. The van der Waals surface area contributed by atoms with Gasteiger partial charge in [0.15, 0.2) is 0 Å². The van der Waals surface area contributed by atoms with Gasteiger partial charge in [-0.1, -0.05) is 0 Å². The lowest BCUT2D eigenvalue weighted by molar-refractivity contribution is -0.133. The molecular formula is C11H19N3O3. The third-order valence-electron chi connectivity index (χ3n) is 3.04. The Labute approximate surface area is 101 Å². The van der Waals surface area contributed by atoms with Gasteiger partial charge in [0.05, 0.1) is 19.3 Å². The minimum absolute atomic E-state index is 0.0435. The van der Waals surface area contributed by atoms with Crippen molar-refractivity contribution < 1.29 is 14.3 Å². The quantitative estimate of drug-likeness (QED) is 0.643. The molecule has 17 heavy (non-hydrogen) atoms. The van der Waals surface area contributed by atoms with Crippen molar-refractivity contribution >= 4 is 11.8 Å². The first-order valence-electron chi connectivity index (χ1n) is 6.12. The number of hydrogen-bond donors (Lipinski definition) is 2. The normalized spacial score (nSPS) is 25.1. The predicted molar refractivity (Wildman–Crippen MR) is 61.4 cm³/mol. The van der Waals surface area contributed by atoms with Crippen LogP contribution in [0.5, 0.6) is 0 Å². The van der Waals surface area contributed by atoms with Gasteiger partial charge in [0, 0.05) is 32.6 Å². The van der Waals surface area contributed by atoms with Gasteiger partial charge in [-0.25, -0.2) is 0 Å². The summed E-state index contributed by atoms with van der Waals surface area (Å²) in [6.45, 7) is 3.71. The predicted octanol–water partition coefficient (Wildman–Crippen LogP) is -1.29. The van der Waals surface area contributed by atoms with E-state index in [4.69, 9.17) is 4.74 Å². The summed E-state index contributed by atoms with van der Waals surface area (Å²) in [4.78, 5) is 24.5. The van der Waals surface area contributed by atoms with E-state index in [-0.39, 0.29) is 24.5 Å². The monoisotopic (exact) mass is 241 g/mol. The molecule has 2 rings (SSSR count). The maximum Gasteiger partial charge on any atom is 0.239 e. The zero-order chi connectivity index (χ0) is 12.1. The highest BCUT2D eigenvalue weighted by atomic mass is 16.5. The third-order valence-corrected chi connectivity index (χ3v) is 3.04. The second-order valence-corrected chi connectivity index (χ2v) is 4.42. The number of morpholine rings is 1. The van der Waals surface area contributed by atoms with Crippen molar-refractivity contribution in [3.63, 3.8) is 0 Å². The maximum atomic E-state index is 11.6. The number of amides is 2. The minimum Gasteiger partial charge on any atom is -0.374 e. The summed E-state index contributed by atoms with van der Waals surface area (Å²) < 4.78 is 5.46. The molecular weight excluding hydrogens is 222 g/mol. The van der Waals surface area contributed by atoms with Gasteiger partial charge in [-0.05, 0) is 6.42 Å². The Bertz CT molecular complexity index is 290. The van der Waals surface area contributed by atoms with Crippen LogP contribution in [0.25, 0.3) is 0 Å². The van der Waals surface area contributed by atoms with Crippen molar-refractivity contribution in [1.82, 2.24) is 15.5 Å². The third kappa shape index (κ3) is 3.67. The molecule has 2 N–H and O–H groups in total. The molecule has 0 aromatic carbocycles. The lowest BCUT2D eigenvalue weighted by Crippen LogP contribution is -2.47. The molecule has 0 saturated carbocycles. The summed E-state index contributed by atoms with van der Waals surface area (Å²) >= 11 is 0. The second kappa shape index (κ2) is 5.97. The number of rotatable bonds is 4. The standard InChI is InChI=1S/C11H19N3O3/c15-10(8-14-4-1-2-11(14)16)13-7-9-6-12-3-5-17-9/h9,12H,1-8H2,(H,13,15). The van der Waals surface area contributed by atoms with Crippen LogP contribution in [0.1, 0.15) is 12.8 Å². The Hall–Kier alpha value is -1.14. The molecule has 0 aliphatic carbocycles. The van der Waals surface area contributed by atoms with Crippen LogP contribution in [0, 0.1) is 0 Å². The molecule has 96 valence electrons. The molecule has 0 spiro atoms. The number of nitrogens with zero attached hydrogens (tertiary/aromatic N) is 1. The fraction of sp³-hybridized carbons (Fsp3) is 0.818. The van der Waals surface area contributed by atoms with E-state index in [0.29, 0.717) is 26.1 Å². The van der Waals surface area contributed by atoms with E-state index >= 15 is 0 Å². The van der Waals surface area contributed by atoms with E-state index in [1.54, 1.807) is 4.90 Å². The molecule has 2 aliphatic heterocycles. The molecule has 1 unspecified atom stereocenters. The van der Waals surface area contributed by atoms with Gasteiger partial charge in [0.25, 0.3) is 0 Å². The fourth-order valence-corrected chi connectivity index (χ4v) is 2.08. The maximum absolute atomic E-state index is 11.6. The fourth-order valence-electron chi connectivity index (χ4n) is 2.08. The number of ether oxygens (including phenoxy) is 1. The number of likely N-dealkylation sites (tertiary alicyclic amines) is 1. The minimum atomic E-state index is -0.102. The van der Waals surface area contributed by atoms with Crippen molar-refractivity contribution in [3.05, 3.63) is 0 Å². The molecule has 2 amide bonds.